The normalized spacial score (nSPS) is 14.6. The first-order valence-corrected chi connectivity index (χ1v) is 9.84. The second-order valence-electron chi connectivity index (χ2n) is 7.65. The van der Waals surface area contributed by atoms with Crippen LogP contribution in [0.2, 0.25) is 0 Å². The van der Waals surface area contributed by atoms with Gasteiger partial charge in [-0.1, -0.05) is 36.8 Å². The second kappa shape index (κ2) is 8.07. The van der Waals surface area contributed by atoms with E-state index in [1.807, 2.05) is 25.6 Å². The molecule has 5 heteroatoms. The Bertz CT molecular complexity index is 973. The Hall–Kier alpha value is -2.79. The van der Waals surface area contributed by atoms with E-state index >= 15 is 0 Å². The number of benzene rings is 1. The fraction of sp³-hybridized carbons (Fsp3) is 0.348. The first kappa shape index (κ1) is 18.6. The van der Waals surface area contributed by atoms with Gasteiger partial charge in [0.25, 0.3) is 0 Å². The predicted molar refractivity (Wildman–Crippen MR) is 112 cm³/mol. The molecule has 0 bridgehead atoms. The molecule has 144 valence electrons. The third-order valence-corrected chi connectivity index (χ3v) is 5.68. The summed E-state index contributed by atoms with van der Waals surface area (Å²) in [6.07, 6.45) is 11.4. The molecule has 28 heavy (non-hydrogen) atoms. The highest BCUT2D eigenvalue weighted by Gasteiger charge is 2.26. The first-order valence-electron chi connectivity index (χ1n) is 9.84. The standard InChI is InChI=1S/C23H27N5/c1-17(21-15-24-9-10-25-21)23-19(14-18-6-4-5-7-20(18)23)8-12-27(2)16-22-26-11-13-28(22)3/h4-7,9-11,13,15,17H,8,12,14,16H2,1-3H3/t17-/m0/s1. The van der Waals surface area contributed by atoms with Gasteiger partial charge in [-0.05, 0) is 36.6 Å². The zero-order valence-electron chi connectivity index (χ0n) is 16.8. The maximum absolute atomic E-state index is 4.57. The second-order valence-corrected chi connectivity index (χ2v) is 7.65. The maximum atomic E-state index is 4.57. The van der Waals surface area contributed by atoms with Gasteiger partial charge in [-0.3, -0.25) is 14.9 Å². The summed E-state index contributed by atoms with van der Waals surface area (Å²) < 4.78 is 2.09. The molecule has 1 aliphatic carbocycles. The van der Waals surface area contributed by atoms with Gasteiger partial charge in [-0.25, -0.2) is 4.98 Å². The van der Waals surface area contributed by atoms with Crippen molar-refractivity contribution in [3.63, 3.8) is 0 Å². The molecule has 0 unspecified atom stereocenters. The van der Waals surface area contributed by atoms with Crippen LogP contribution in [-0.2, 0) is 20.0 Å². The van der Waals surface area contributed by atoms with Gasteiger partial charge in [0.2, 0.25) is 0 Å². The predicted octanol–water partition coefficient (Wildman–Crippen LogP) is 3.85. The van der Waals surface area contributed by atoms with Gasteiger partial charge >= 0.3 is 0 Å². The molecule has 1 atom stereocenters. The molecular formula is C23H27N5. The Morgan fingerprint density at radius 2 is 2.00 bits per heavy atom. The van der Waals surface area contributed by atoms with E-state index in [0.717, 1.165) is 37.4 Å². The molecule has 0 saturated carbocycles. The van der Waals surface area contributed by atoms with Gasteiger partial charge in [0.05, 0.1) is 12.2 Å². The fourth-order valence-corrected chi connectivity index (χ4v) is 4.09. The van der Waals surface area contributed by atoms with Crippen LogP contribution in [0.25, 0.3) is 5.57 Å². The molecule has 0 fully saturated rings. The van der Waals surface area contributed by atoms with Crippen molar-refractivity contribution in [2.75, 3.05) is 13.6 Å². The Labute approximate surface area is 166 Å². The molecule has 4 rings (SSSR count). The van der Waals surface area contributed by atoms with Crippen molar-refractivity contribution in [3.05, 3.63) is 83.5 Å². The number of rotatable bonds is 7. The van der Waals surface area contributed by atoms with Crippen LogP contribution in [-0.4, -0.2) is 38.0 Å². The van der Waals surface area contributed by atoms with Gasteiger partial charge in [-0.2, -0.15) is 0 Å². The minimum absolute atomic E-state index is 0.243. The number of hydrogen-bond donors (Lipinski definition) is 0. The minimum Gasteiger partial charge on any atom is -0.337 e. The van der Waals surface area contributed by atoms with Gasteiger partial charge in [0.1, 0.15) is 5.82 Å². The molecular weight excluding hydrogens is 346 g/mol. The van der Waals surface area contributed by atoms with Gasteiger partial charge in [-0.15, -0.1) is 0 Å². The highest BCUT2D eigenvalue weighted by Crippen LogP contribution is 2.42. The van der Waals surface area contributed by atoms with Crippen molar-refractivity contribution < 1.29 is 0 Å². The smallest absolute Gasteiger partial charge is 0.122 e. The van der Waals surface area contributed by atoms with Crippen molar-refractivity contribution in [1.29, 1.82) is 0 Å². The summed E-state index contributed by atoms with van der Waals surface area (Å²) in [6.45, 7) is 4.12. The van der Waals surface area contributed by atoms with E-state index in [9.17, 15) is 0 Å². The van der Waals surface area contributed by atoms with Crippen LogP contribution in [0.5, 0.6) is 0 Å². The molecule has 0 spiro atoms. The van der Waals surface area contributed by atoms with Crippen molar-refractivity contribution in [1.82, 2.24) is 24.4 Å². The molecule has 5 nitrogen and oxygen atoms in total. The van der Waals surface area contributed by atoms with Crippen LogP contribution in [0.4, 0.5) is 0 Å². The van der Waals surface area contributed by atoms with E-state index in [4.69, 9.17) is 0 Å². The molecule has 0 saturated heterocycles. The summed E-state index contributed by atoms with van der Waals surface area (Å²) in [5, 5.41) is 0. The van der Waals surface area contributed by atoms with Crippen molar-refractivity contribution in [2.24, 2.45) is 7.05 Å². The number of allylic oxidation sites excluding steroid dienone is 1. The number of nitrogens with zero attached hydrogens (tertiary/aromatic N) is 5. The van der Waals surface area contributed by atoms with E-state index in [0.29, 0.717) is 0 Å². The lowest BCUT2D eigenvalue weighted by Crippen LogP contribution is -2.21. The number of imidazole rings is 1. The van der Waals surface area contributed by atoms with E-state index in [1.54, 1.807) is 12.4 Å². The Kier molecular flexibility index (Phi) is 5.35. The minimum atomic E-state index is 0.243. The van der Waals surface area contributed by atoms with Crippen LogP contribution >= 0.6 is 0 Å². The van der Waals surface area contributed by atoms with Crippen LogP contribution < -0.4 is 0 Å². The number of aromatic nitrogens is 4. The number of hydrogen-bond acceptors (Lipinski definition) is 4. The van der Waals surface area contributed by atoms with E-state index in [-0.39, 0.29) is 5.92 Å². The Balaban J connectivity index is 1.55. The van der Waals surface area contributed by atoms with E-state index < -0.39 is 0 Å². The molecule has 3 aromatic rings. The topological polar surface area (TPSA) is 46.8 Å². The molecule has 2 aromatic heterocycles. The van der Waals surface area contributed by atoms with Crippen molar-refractivity contribution in [2.45, 2.75) is 32.2 Å². The monoisotopic (exact) mass is 373 g/mol. The maximum Gasteiger partial charge on any atom is 0.122 e. The lowest BCUT2D eigenvalue weighted by molar-refractivity contribution is 0.318. The van der Waals surface area contributed by atoms with Crippen molar-refractivity contribution in [3.8, 4) is 0 Å². The average molecular weight is 374 g/mol. The number of aryl methyl sites for hydroxylation is 1. The van der Waals surface area contributed by atoms with Crippen LogP contribution in [0.1, 0.15) is 41.9 Å². The molecule has 0 aliphatic heterocycles. The highest BCUT2D eigenvalue weighted by atomic mass is 15.1. The molecule has 0 amide bonds. The summed E-state index contributed by atoms with van der Waals surface area (Å²) in [4.78, 5) is 15.6. The molecule has 1 aromatic carbocycles. The first-order chi connectivity index (χ1) is 13.6. The molecule has 0 N–H and O–H groups in total. The highest BCUT2D eigenvalue weighted by molar-refractivity contribution is 5.80. The number of fused-ring (bicyclic) bond motifs is 1. The van der Waals surface area contributed by atoms with Crippen LogP contribution in [0.3, 0.4) is 0 Å². The summed E-state index contributed by atoms with van der Waals surface area (Å²) in [7, 11) is 4.22. The van der Waals surface area contributed by atoms with Gasteiger partial charge in [0, 0.05) is 50.5 Å². The summed E-state index contributed by atoms with van der Waals surface area (Å²) in [6, 6.07) is 8.78. The van der Waals surface area contributed by atoms with Gasteiger partial charge in [0.15, 0.2) is 0 Å². The zero-order valence-corrected chi connectivity index (χ0v) is 16.8. The third kappa shape index (κ3) is 3.76. The molecule has 0 radical (unpaired) electrons. The Morgan fingerprint density at radius 1 is 1.14 bits per heavy atom. The lowest BCUT2D eigenvalue weighted by atomic mass is 9.90. The zero-order chi connectivity index (χ0) is 19.5. The average Bonchev–Trinajstić information content (AvgIpc) is 3.29. The van der Waals surface area contributed by atoms with Crippen LogP contribution in [0.15, 0.2) is 60.8 Å². The Morgan fingerprint density at radius 3 is 2.75 bits per heavy atom. The summed E-state index contributed by atoms with van der Waals surface area (Å²) in [5.41, 5.74) is 6.79. The largest absolute Gasteiger partial charge is 0.337 e. The van der Waals surface area contributed by atoms with Gasteiger partial charge < -0.3 is 4.57 Å². The quantitative estimate of drug-likeness (QED) is 0.631. The van der Waals surface area contributed by atoms with Crippen molar-refractivity contribution >= 4 is 5.57 Å². The van der Waals surface area contributed by atoms with E-state index in [1.165, 1.54) is 22.3 Å². The summed E-state index contributed by atoms with van der Waals surface area (Å²) >= 11 is 0. The van der Waals surface area contributed by atoms with E-state index in [2.05, 4.69) is 62.7 Å². The fourth-order valence-electron chi connectivity index (χ4n) is 4.09. The molecule has 1 aliphatic rings. The lowest BCUT2D eigenvalue weighted by Gasteiger charge is -2.19. The third-order valence-electron chi connectivity index (χ3n) is 5.68. The van der Waals surface area contributed by atoms with Crippen LogP contribution in [0, 0.1) is 0 Å². The SMILES string of the molecule is C[C@H](C1=C(CCN(C)Cc2nccn2C)Cc2ccccc21)c1cnccn1. The molecule has 2 heterocycles. The summed E-state index contributed by atoms with van der Waals surface area (Å²) in [5.74, 6) is 1.34.